The lowest BCUT2D eigenvalue weighted by Crippen LogP contribution is -2.44. The predicted octanol–water partition coefficient (Wildman–Crippen LogP) is 4.60. The van der Waals surface area contributed by atoms with E-state index >= 15 is 0 Å². The monoisotopic (exact) mass is 514 g/mol. The summed E-state index contributed by atoms with van der Waals surface area (Å²) in [5.41, 5.74) is -1.44. The number of carbonyl (C=O) groups is 4. The van der Waals surface area contributed by atoms with Crippen LogP contribution in [-0.4, -0.2) is 50.3 Å². The van der Waals surface area contributed by atoms with Crippen LogP contribution in [0.5, 0.6) is 0 Å². The fourth-order valence-corrected chi connectivity index (χ4v) is 4.56. The van der Waals surface area contributed by atoms with Gasteiger partial charge < -0.3 is 18.9 Å². The Kier molecular flexibility index (Phi) is 11.1. The standard InChI is InChI=1S/C29H38O8/c1-6-34-24(30)28(25(31)35-7-2)17-12-13-18-29(26(32)36-8-3,27(33)37-9-4)20-22-14-10-11-15-23(22)21(5)16-19-28/h10-11,14-16,19H,5-9,12-13,17-18,20H2,1-4H3/b19-16+. The largest absolute Gasteiger partial charge is 0.465 e. The maximum absolute atomic E-state index is 13.4. The highest BCUT2D eigenvalue weighted by molar-refractivity contribution is 6.03. The summed E-state index contributed by atoms with van der Waals surface area (Å²) in [6, 6.07) is 7.25. The van der Waals surface area contributed by atoms with Crippen LogP contribution in [0.1, 0.15) is 64.5 Å². The second-order valence-electron chi connectivity index (χ2n) is 8.83. The van der Waals surface area contributed by atoms with Gasteiger partial charge in [0.25, 0.3) is 0 Å². The summed E-state index contributed by atoms with van der Waals surface area (Å²) in [6.45, 7) is 11.2. The molecule has 0 amide bonds. The smallest absolute Gasteiger partial charge is 0.327 e. The third-order valence-corrected chi connectivity index (χ3v) is 6.46. The molecule has 1 aromatic carbocycles. The molecule has 0 spiro atoms. The fraction of sp³-hybridized carbons (Fsp3) is 0.517. The van der Waals surface area contributed by atoms with Crippen molar-refractivity contribution in [2.24, 2.45) is 10.8 Å². The molecule has 0 aromatic heterocycles. The van der Waals surface area contributed by atoms with Crippen molar-refractivity contribution < 1.29 is 38.1 Å². The van der Waals surface area contributed by atoms with E-state index in [-0.39, 0.29) is 45.7 Å². The van der Waals surface area contributed by atoms with Gasteiger partial charge in [0, 0.05) is 0 Å². The highest BCUT2D eigenvalue weighted by Crippen LogP contribution is 2.39. The summed E-state index contributed by atoms with van der Waals surface area (Å²) in [7, 11) is 0. The molecular formula is C29H38O8. The number of rotatable bonds is 8. The molecule has 0 heterocycles. The van der Waals surface area contributed by atoms with Crippen molar-refractivity contribution in [3.63, 3.8) is 0 Å². The number of carbonyl (C=O) groups excluding carboxylic acids is 4. The second-order valence-corrected chi connectivity index (χ2v) is 8.83. The molecule has 0 atom stereocenters. The average molecular weight is 515 g/mol. The molecule has 0 fully saturated rings. The molecule has 37 heavy (non-hydrogen) atoms. The molecule has 8 heteroatoms. The van der Waals surface area contributed by atoms with Crippen molar-refractivity contribution in [2.45, 2.75) is 59.8 Å². The normalized spacial score (nSPS) is 17.7. The average Bonchev–Trinajstić information content (AvgIpc) is 2.87. The van der Waals surface area contributed by atoms with Gasteiger partial charge in [-0.25, -0.2) is 0 Å². The van der Waals surface area contributed by atoms with E-state index in [0.717, 1.165) is 0 Å². The Morgan fingerprint density at radius 2 is 1.24 bits per heavy atom. The van der Waals surface area contributed by atoms with Crippen molar-refractivity contribution in [2.75, 3.05) is 26.4 Å². The summed E-state index contributed by atoms with van der Waals surface area (Å²) >= 11 is 0. The van der Waals surface area contributed by atoms with E-state index in [1.807, 2.05) is 24.3 Å². The Morgan fingerprint density at radius 3 is 1.78 bits per heavy atom. The molecule has 0 bridgehead atoms. The first-order valence-electron chi connectivity index (χ1n) is 12.9. The molecule has 0 aliphatic heterocycles. The number of hydrogen-bond donors (Lipinski definition) is 0. The van der Waals surface area contributed by atoms with Gasteiger partial charge in [0.05, 0.1) is 26.4 Å². The third kappa shape index (κ3) is 6.67. The van der Waals surface area contributed by atoms with E-state index in [4.69, 9.17) is 18.9 Å². The molecule has 1 aromatic rings. The van der Waals surface area contributed by atoms with Gasteiger partial charge in [-0.1, -0.05) is 55.8 Å². The minimum Gasteiger partial charge on any atom is -0.465 e. The Labute approximate surface area is 219 Å². The number of allylic oxidation sites excluding steroid dienone is 2. The zero-order valence-electron chi connectivity index (χ0n) is 22.3. The topological polar surface area (TPSA) is 105 Å². The number of ether oxygens (including phenoxy) is 4. The second kappa shape index (κ2) is 13.8. The maximum atomic E-state index is 13.4. The van der Waals surface area contributed by atoms with Gasteiger partial charge in [-0.3, -0.25) is 19.2 Å². The minimum absolute atomic E-state index is 0.0641. The molecule has 0 saturated heterocycles. The van der Waals surface area contributed by atoms with Crippen LogP contribution in [-0.2, 0) is 44.5 Å². The van der Waals surface area contributed by atoms with Crippen LogP contribution >= 0.6 is 0 Å². The van der Waals surface area contributed by atoms with Gasteiger partial charge in [-0.15, -0.1) is 0 Å². The lowest BCUT2D eigenvalue weighted by atomic mass is 9.73. The van der Waals surface area contributed by atoms with E-state index < -0.39 is 34.7 Å². The number of esters is 4. The molecule has 0 N–H and O–H groups in total. The van der Waals surface area contributed by atoms with Crippen molar-refractivity contribution in [3.8, 4) is 0 Å². The van der Waals surface area contributed by atoms with Gasteiger partial charge in [0.15, 0.2) is 10.8 Å². The molecule has 1 aliphatic rings. The maximum Gasteiger partial charge on any atom is 0.327 e. The first-order chi connectivity index (χ1) is 17.7. The van der Waals surface area contributed by atoms with E-state index in [2.05, 4.69) is 6.58 Å². The summed E-state index contributed by atoms with van der Waals surface area (Å²) < 4.78 is 21.3. The zero-order chi connectivity index (χ0) is 27.5. The van der Waals surface area contributed by atoms with Gasteiger partial charge in [-0.2, -0.15) is 0 Å². The summed E-state index contributed by atoms with van der Waals surface area (Å²) in [5.74, 6) is -2.76. The van der Waals surface area contributed by atoms with Crippen molar-refractivity contribution in [1.82, 2.24) is 0 Å². The Morgan fingerprint density at radius 1 is 0.757 bits per heavy atom. The molecule has 0 unspecified atom stereocenters. The van der Waals surface area contributed by atoms with Gasteiger partial charge >= 0.3 is 23.9 Å². The lowest BCUT2D eigenvalue weighted by Gasteiger charge is -2.31. The zero-order valence-corrected chi connectivity index (χ0v) is 22.3. The van der Waals surface area contributed by atoms with Crippen molar-refractivity contribution in [3.05, 3.63) is 54.1 Å². The van der Waals surface area contributed by atoms with Gasteiger partial charge in [-0.05, 0) is 63.7 Å². The first-order valence-corrected chi connectivity index (χ1v) is 12.9. The predicted molar refractivity (Wildman–Crippen MR) is 138 cm³/mol. The van der Waals surface area contributed by atoms with Crippen molar-refractivity contribution >= 4 is 29.5 Å². The Balaban J connectivity index is 2.72. The third-order valence-electron chi connectivity index (χ3n) is 6.46. The Bertz CT molecular complexity index is 986. The number of benzene rings is 1. The molecule has 2 rings (SSSR count). The fourth-order valence-electron chi connectivity index (χ4n) is 4.56. The summed E-state index contributed by atoms with van der Waals surface area (Å²) in [5, 5.41) is 0. The SMILES string of the molecule is C=C1/C=C/C(C(=O)OCC)(C(=O)OCC)CCCCC(C(=O)OCC)(C(=O)OCC)Cc2ccccc21. The van der Waals surface area contributed by atoms with Gasteiger partial charge in [0.1, 0.15) is 0 Å². The van der Waals surface area contributed by atoms with Crippen LogP contribution in [0, 0.1) is 10.8 Å². The summed E-state index contributed by atoms with van der Waals surface area (Å²) in [6.07, 6.45) is 4.02. The van der Waals surface area contributed by atoms with Crippen LogP contribution < -0.4 is 0 Å². The molecular weight excluding hydrogens is 476 g/mol. The van der Waals surface area contributed by atoms with E-state index in [0.29, 0.717) is 29.5 Å². The van der Waals surface area contributed by atoms with E-state index in [9.17, 15) is 19.2 Å². The highest BCUT2D eigenvalue weighted by Gasteiger charge is 2.50. The first kappa shape index (κ1) is 29.8. The number of fused-ring (bicyclic) bond motifs is 1. The molecule has 8 nitrogen and oxygen atoms in total. The van der Waals surface area contributed by atoms with Crippen LogP contribution in [0.4, 0.5) is 0 Å². The Hall–Kier alpha value is -3.42. The van der Waals surface area contributed by atoms with Gasteiger partial charge in [0.2, 0.25) is 0 Å². The molecule has 0 radical (unpaired) electrons. The lowest BCUT2D eigenvalue weighted by molar-refractivity contribution is -0.174. The van der Waals surface area contributed by atoms with Crippen LogP contribution in [0.2, 0.25) is 0 Å². The molecule has 202 valence electrons. The van der Waals surface area contributed by atoms with E-state index in [1.54, 1.807) is 33.8 Å². The highest BCUT2D eigenvalue weighted by atomic mass is 16.6. The quantitative estimate of drug-likeness (QED) is 0.282. The number of hydrogen-bond acceptors (Lipinski definition) is 8. The molecule has 1 aliphatic carbocycles. The van der Waals surface area contributed by atoms with E-state index in [1.165, 1.54) is 6.08 Å². The molecule has 0 saturated carbocycles. The van der Waals surface area contributed by atoms with Crippen LogP contribution in [0.3, 0.4) is 0 Å². The minimum atomic E-state index is -1.69. The summed E-state index contributed by atoms with van der Waals surface area (Å²) in [4.78, 5) is 53.0. The van der Waals surface area contributed by atoms with Crippen molar-refractivity contribution in [1.29, 1.82) is 0 Å². The van der Waals surface area contributed by atoms with Crippen LogP contribution in [0.25, 0.3) is 5.57 Å². The van der Waals surface area contributed by atoms with Crippen LogP contribution in [0.15, 0.2) is 43.0 Å².